The Morgan fingerprint density at radius 1 is 1.24 bits per heavy atom. The summed E-state index contributed by atoms with van der Waals surface area (Å²) in [6.07, 6.45) is 0. The average molecular weight is 293 g/mol. The molecule has 0 aromatic heterocycles. The predicted octanol–water partition coefficient (Wildman–Crippen LogP) is 2.55. The summed E-state index contributed by atoms with van der Waals surface area (Å²) in [6, 6.07) is 9.02. The van der Waals surface area contributed by atoms with Crippen LogP contribution in [0.4, 0.5) is 0 Å². The number of nitrogens with zero attached hydrogens (tertiary/aromatic N) is 1. The average Bonchev–Trinajstić information content (AvgIpc) is 2.52. The van der Waals surface area contributed by atoms with Gasteiger partial charge in [0.2, 0.25) is 0 Å². The molecule has 1 unspecified atom stereocenters. The van der Waals surface area contributed by atoms with E-state index in [1.165, 1.54) is 18.9 Å². The van der Waals surface area contributed by atoms with Crippen LogP contribution in [0.15, 0.2) is 29.2 Å². The third kappa shape index (κ3) is 5.00. The first-order valence-electron chi connectivity index (χ1n) is 5.89. The Labute approximate surface area is 128 Å². The Hall–Kier alpha value is -2.79. The third-order valence-corrected chi connectivity index (χ3v) is 3.12. The number of hydrogen-bond acceptors (Lipinski definition) is 4. The van der Waals surface area contributed by atoms with Gasteiger partial charge in [-0.2, -0.15) is 5.26 Å². The predicted molar refractivity (Wildman–Crippen MR) is 81.7 cm³/mol. The van der Waals surface area contributed by atoms with Gasteiger partial charge in [-0.1, -0.05) is 24.1 Å². The number of benzene rings is 1. The highest BCUT2D eigenvalue weighted by Gasteiger charge is 2.23. The van der Waals surface area contributed by atoms with Crippen molar-refractivity contribution >= 4 is 17.7 Å². The first-order chi connectivity index (χ1) is 10.2. The summed E-state index contributed by atoms with van der Waals surface area (Å²) in [5, 5.41) is 11.9. The molecule has 0 saturated heterocycles. The molecule has 0 radical (unpaired) electrons. The van der Waals surface area contributed by atoms with Crippen molar-refractivity contribution in [1.29, 1.82) is 5.26 Å². The Kier molecular flexibility index (Phi) is 7.10. The van der Waals surface area contributed by atoms with Gasteiger partial charge in [0.15, 0.2) is 5.92 Å². The van der Waals surface area contributed by atoms with Gasteiger partial charge in [0, 0.05) is 4.90 Å². The van der Waals surface area contributed by atoms with Crippen molar-refractivity contribution in [2.45, 2.75) is 17.7 Å². The Morgan fingerprint density at radius 3 is 2.62 bits per heavy atom. The van der Waals surface area contributed by atoms with Crippen molar-refractivity contribution in [2.75, 3.05) is 7.11 Å². The number of rotatable bonds is 3. The topological polar surface area (TPSA) is 50.1 Å². The number of carbonyl (C=O) groups excluding carboxylic acids is 1. The molecule has 0 amide bonds. The molecule has 1 atom stereocenters. The van der Waals surface area contributed by atoms with Gasteiger partial charge < -0.3 is 4.74 Å². The fourth-order valence-electron chi connectivity index (χ4n) is 1.41. The lowest BCUT2D eigenvalue weighted by Gasteiger charge is -2.10. The number of nitriles is 1. The maximum atomic E-state index is 11.6. The van der Waals surface area contributed by atoms with E-state index in [0.717, 1.165) is 4.90 Å². The zero-order valence-corrected chi connectivity index (χ0v) is 12.4. The summed E-state index contributed by atoms with van der Waals surface area (Å²) in [7, 11) is 1.26. The Morgan fingerprint density at radius 2 is 1.95 bits per heavy atom. The van der Waals surface area contributed by atoms with E-state index in [4.69, 9.17) is 5.26 Å². The molecule has 0 aliphatic heterocycles. The molecule has 1 rings (SSSR count). The Balaban J connectivity index is 3.00. The molecule has 0 N–H and O–H groups in total. The first-order valence-corrected chi connectivity index (χ1v) is 6.71. The third-order valence-electron chi connectivity index (χ3n) is 2.32. The van der Waals surface area contributed by atoms with Gasteiger partial charge in [0.05, 0.1) is 13.2 Å². The number of methoxy groups -OCH3 is 1. The maximum Gasteiger partial charge on any atom is 0.327 e. The minimum Gasteiger partial charge on any atom is -0.468 e. The van der Waals surface area contributed by atoms with Crippen LogP contribution in [0.2, 0.25) is 0 Å². The number of ether oxygens (including phenoxy) is 1. The lowest BCUT2D eigenvalue weighted by Crippen LogP contribution is -2.13. The molecule has 0 aliphatic carbocycles. The number of carbonyl (C=O) groups is 1. The summed E-state index contributed by atoms with van der Waals surface area (Å²) in [4.78, 5) is 12.3. The fourth-order valence-corrected chi connectivity index (χ4v) is 2.07. The first kappa shape index (κ1) is 16.3. The highest BCUT2D eigenvalue weighted by atomic mass is 32.2. The van der Waals surface area contributed by atoms with E-state index in [9.17, 15) is 4.79 Å². The van der Waals surface area contributed by atoms with Crippen molar-refractivity contribution in [3.63, 3.8) is 0 Å². The van der Waals surface area contributed by atoms with Crippen LogP contribution in [0.5, 0.6) is 0 Å². The van der Waals surface area contributed by atoms with Gasteiger partial charge in [-0.3, -0.25) is 4.79 Å². The van der Waals surface area contributed by atoms with Crippen molar-refractivity contribution in [1.82, 2.24) is 0 Å². The molecule has 0 bridgehead atoms. The summed E-state index contributed by atoms with van der Waals surface area (Å²) >= 11 is 1.21. The second-order valence-corrected chi connectivity index (χ2v) is 4.43. The van der Waals surface area contributed by atoms with Crippen LogP contribution in [0.3, 0.4) is 0 Å². The van der Waals surface area contributed by atoms with Crippen molar-refractivity contribution < 1.29 is 9.53 Å². The number of hydrogen-bond donors (Lipinski definition) is 0. The van der Waals surface area contributed by atoms with Gasteiger partial charge in [0.25, 0.3) is 0 Å². The molecule has 0 saturated carbocycles. The van der Waals surface area contributed by atoms with Crippen LogP contribution in [0.1, 0.15) is 18.4 Å². The SMILES string of the molecule is CC#CC#CC#CSc1ccccc1C(C#N)C(=O)OC. The molecule has 0 aliphatic rings. The van der Waals surface area contributed by atoms with Crippen molar-refractivity contribution in [3.8, 4) is 40.9 Å². The summed E-state index contributed by atoms with van der Waals surface area (Å²) < 4.78 is 4.64. The maximum absolute atomic E-state index is 11.6. The number of esters is 1. The second-order valence-electron chi connectivity index (χ2n) is 3.58. The largest absolute Gasteiger partial charge is 0.468 e. The lowest BCUT2D eigenvalue weighted by atomic mass is 10.0. The summed E-state index contributed by atoms with van der Waals surface area (Å²) in [6.45, 7) is 1.70. The molecule has 1 aromatic rings. The van der Waals surface area contributed by atoms with E-state index >= 15 is 0 Å². The molecule has 21 heavy (non-hydrogen) atoms. The highest BCUT2D eigenvalue weighted by molar-refractivity contribution is 8.04. The summed E-state index contributed by atoms with van der Waals surface area (Å²) in [5.41, 5.74) is 0.576. The molecule has 0 heterocycles. The van der Waals surface area contributed by atoms with Crippen LogP contribution in [-0.4, -0.2) is 13.1 Å². The molecule has 3 nitrogen and oxygen atoms in total. The molecule has 4 heteroatoms. The summed E-state index contributed by atoms with van der Waals surface area (Å²) in [5.74, 6) is 11.5. The van der Waals surface area contributed by atoms with Crippen molar-refractivity contribution in [2.24, 2.45) is 0 Å². The number of thioether (sulfide) groups is 1. The quantitative estimate of drug-likeness (QED) is 0.488. The molecule has 0 spiro atoms. The second kappa shape index (κ2) is 9.17. The standard InChI is InChI=1S/C17H11NO2S/c1-3-4-5-6-9-12-21-16-11-8-7-10-14(16)15(13-18)17(19)20-2/h7-8,10-11,15H,1-2H3. The molecular weight excluding hydrogens is 282 g/mol. The van der Waals surface area contributed by atoms with E-state index in [1.807, 2.05) is 12.1 Å². The zero-order valence-electron chi connectivity index (χ0n) is 11.6. The Bertz CT molecular complexity index is 742. The molecule has 102 valence electrons. The normalized spacial score (nSPS) is 9.38. The van der Waals surface area contributed by atoms with E-state index in [-0.39, 0.29) is 0 Å². The highest BCUT2D eigenvalue weighted by Crippen LogP contribution is 2.28. The van der Waals surface area contributed by atoms with E-state index in [1.54, 1.807) is 25.1 Å². The van der Waals surface area contributed by atoms with Crippen LogP contribution in [-0.2, 0) is 9.53 Å². The van der Waals surface area contributed by atoms with Gasteiger partial charge in [-0.15, -0.1) is 0 Å². The van der Waals surface area contributed by atoms with E-state index < -0.39 is 11.9 Å². The monoisotopic (exact) mass is 293 g/mol. The van der Waals surface area contributed by atoms with Crippen LogP contribution < -0.4 is 0 Å². The molecular formula is C17H11NO2S. The zero-order chi connectivity index (χ0) is 15.5. The van der Waals surface area contributed by atoms with E-state index in [0.29, 0.717) is 5.56 Å². The lowest BCUT2D eigenvalue weighted by molar-refractivity contribution is -0.141. The molecule has 0 fully saturated rings. The minimum absolute atomic E-state index is 0.576. The smallest absolute Gasteiger partial charge is 0.327 e. The fraction of sp³-hybridized carbons (Fsp3) is 0.176. The van der Waals surface area contributed by atoms with Crippen LogP contribution in [0, 0.1) is 46.2 Å². The minimum atomic E-state index is -0.961. The van der Waals surface area contributed by atoms with Gasteiger partial charge in [-0.25, -0.2) is 0 Å². The van der Waals surface area contributed by atoms with Crippen molar-refractivity contribution in [3.05, 3.63) is 29.8 Å². The van der Waals surface area contributed by atoms with Crippen LogP contribution in [0.25, 0.3) is 0 Å². The van der Waals surface area contributed by atoms with Gasteiger partial charge >= 0.3 is 5.97 Å². The van der Waals surface area contributed by atoms with Gasteiger partial charge in [-0.05, 0) is 59.2 Å². The molecule has 1 aromatic carbocycles. The van der Waals surface area contributed by atoms with Crippen LogP contribution >= 0.6 is 11.8 Å². The van der Waals surface area contributed by atoms with E-state index in [2.05, 4.69) is 39.6 Å². The van der Waals surface area contributed by atoms with Gasteiger partial charge in [0.1, 0.15) is 0 Å².